The van der Waals surface area contributed by atoms with Crippen molar-refractivity contribution in [2.24, 2.45) is 17.8 Å². The first-order valence-electron chi connectivity index (χ1n) is 8.58. The molecule has 4 heterocycles. The molecule has 126 valence electrons. The Morgan fingerprint density at radius 3 is 3.00 bits per heavy atom. The summed E-state index contributed by atoms with van der Waals surface area (Å²) in [5, 5.41) is 1.58. The van der Waals surface area contributed by atoms with Gasteiger partial charge in [0.2, 0.25) is 0 Å². The van der Waals surface area contributed by atoms with E-state index in [1.165, 1.54) is 0 Å². The van der Waals surface area contributed by atoms with Crippen LogP contribution in [-0.2, 0) is 20.9 Å². The maximum Gasteiger partial charge on any atom is 0.251 e. The van der Waals surface area contributed by atoms with Crippen LogP contribution in [0.5, 0.6) is 0 Å². The molecule has 3 aliphatic heterocycles. The zero-order valence-electron chi connectivity index (χ0n) is 13.4. The van der Waals surface area contributed by atoms with E-state index in [0.29, 0.717) is 31.6 Å². The fraction of sp³-hybridized carbons (Fsp3) is 0.706. The number of hydrogen-bond donors (Lipinski definition) is 0. The van der Waals surface area contributed by atoms with Crippen LogP contribution in [0.15, 0.2) is 22.8 Å². The van der Waals surface area contributed by atoms with E-state index in [1.807, 2.05) is 12.1 Å². The number of carbonyl (C=O) groups excluding carboxylic acids is 1. The maximum atomic E-state index is 12.8. The fourth-order valence-electron chi connectivity index (χ4n) is 4.05. The third-order valence-corrected chi connectivity index (χ3v) is 5.24. The van der Waals surface area contributed by atoms with E-state index in [9.17, 15) is 4.79 Å². The summed E-state index contributed by atoms with van der Waals surface area (Å²) >= 11 is 0. The van der Waals surface area contributed by atoms with E-state index >= 15 is 0 Å². The lowest BCUT2D eigenvalue weighted by Gasteiger charge is -2.36. The molecule has 1 aromatic rings. The molecule has 3 fully saturated rings. The molecule has 0 spiro atoms. The molecule has 23 heavy (non-hydrogen) atoms. The first kappa shape index (κ1) is 15.2. The number of amides is 1. The van der Waals surface area contributed by atoms with Crippen molar-refractivity contribution in [2.45, 2.75) is 19.4 Å². The van der Waals surface area contributed by atoms with Gasteiger partial charge in [-0.15, -0.1) is 0 Å². The minimum atomic E-state index is -0.0755. The summed E-state index contributed by atoms with van der Waals surface area (Å²) < 4.78 is 11.2. The summed E-state index contributed by atoms with van der Waals surface area (Å²) in [5.74, 6) is 1.80. The van der Waals surface area contributed by atoms with E-state index < -0.39 is 0 Å². The van der Waals surface area contributed by atoms with Crippen LogP contribution in [0.1, 0.15) is 18.6 Å². The van der Waals surface area contributed by atoms with E-state index in [1.54, 1.807) is 11.3 Å². The lowest BCUT2D eigenvalue weighted by Crippen LogP contribution is -2.47. The Labute approximate surface area is 136 Å². The van der Waals surface area contributed by atoms with E-state index in [0.717, 1.165) is 44.8 Å². The maximum absolute atomic E-state index is 12.8. The first-order valence-corrected chi connectivity index (χ1v) is 8.58. The molecule has 6 heteroatoms. The Morgan fingerprint density at radius 2 is 2.22 bits per heavy atom. The van der Waals surface area contributed by atoms with Gasteiger partial charge in [0.25, 0.3) is 5.91 Å². The number of ether oxygens (including phenoxy) is 1. The molecule has 0 saturated carbocycles. The molecule has 3 atom stereocenters. The van der Waals surface area contributed by atoms with Crippen LogP contribution in [0.2, 0.25) is 0 Å². The predicted octanol–water partition coefficient (Wildman–Crippen LogP) is 1.53. The molecule has 1 amide bonds. The normalized spacial score (nSPS) is 32.0. The standard InChI is InChI=1S/C17H24N2O4/c20-17(19-5-1-2-7-23-19)16-12-21-11-13-8-18(10-15(13)16)9-14-4-3-6-22-14/h3-4,6,13,15-16H,1-2,5,7-12H2/t13-,15-,16-/m1/s1. The second kappa shape index (κ2) is 6.63. The highest BCUT2D eigenvalue weighted by Gasteiger charge is 2.45. The Kier molecular flexibility index (Phi) is 4.37. The molecule has 0 unspecified atom stereocenters. The van der Waals surface area contributed by atoms with Gasteiger partial charge in [-0.3, -0.25) is 14.5 Å². The van der Waals surface area contributed by atoms with Gasteiger partial charge in [-0.2, -0.15) is 0 Å². The Hall–Kier alpha value is -1.37. The van der Waals surface area contributed by atoms with Crippen LogP contribution in [0.3, 0.4) is 0 Å². The van der Waals surface area contributed by atoms with Crippen molar-refractivity contribution < 1.29 is 18.8 Å². The van der Waals surface area contributed by atoms with Gasteiger partial charge in [-0.25, -0.2) is 5.06 Å². The number of nitrogens with zero attached hydrogens (tertiary/aromatic N) is 2. The largest absolute Gasteiger partial charge is 0.468 e. The van der Waals surface area contributed by atoms with Crippen molar-refractivity contribution in [2.75, 3.05) is 39.5 Å². The second-order valence-electron chi connectivity index (χ2n) is 6.82. The lowest BCUT2D eigenvalue weighted by molar-refractivity contribution is -0.207. The number of furan rings is 1. The van der Waals surface area contributed by atoms with Gasteiger partial charge in [0.1, 0.15) is 5.76 Å². The molecule has 6 nitrogen and oxygen atoms in total. The highest BCUT2D eigenvalue weighted by molar-refractivity contribution is 5.78. The molecule has 3 aliphatic rings. The summed E-state index contributed by atoms with van der Waals surface area (Å²) in [6.07, 6.45) is 3.77. The number of hydroxylamine groups is 2. The minimum Gasteiger partial charge on any atom is -0.468 e. The monoisotopic (exact) mass is 320 g/mol. The molecule has 0 bridgehead atoms. The summed E-state index contributed by atoms with van der Waals surface area (Å²) in [7, 11) is 0. The molecule has 3 saturated heterocycles. The highest BCUT2D eigenvalue weighted by atomic mass is 16.7. The average Bonchev–Trinajstić information content (AvgIpc) is 3.24. The van der Waals surface area contributed by atoms with Gasteiger partial charge in [0, 0.05) is 19.6 Å². The topological polar surface area (TPSA) is 55.2 Å². The smallest absolute Gasteiger partial charge is 0.251 e. The van der Waals surface area contributed by atoms with Crippen molar-refractivity contribution in [1.82, 2.24) is 9.96 Å². The summed E-state index contributed by atoms with van der Waals surface area (Å²) in [6, 6.07) is 3.92. The predicted molar refractivity (Wildman–Crippen MR) is 82.2 cm³/mol. The Balaban J connectivity index is 1.41. The molecule has 1 aromatic heterocycles. The lowest BCUT2D eigenvalue weighted by atomic mass is 9.82. The van der Waals surface area contributed by atoms with Crippen LogP contribution in [-0.4, -0.2) is 55.3 Å². The first-order chi connectivity index (χ1) is 11.3. The zero-order valence-corrected chi connectivity index (χ0v) is 13.4. The van der Waals surface area contributed by atoms with Gasteiger partial charge < -0.3 is 9.15 Å². The molecule has 0 N–H and O–H groups in total. The van der Waals surface area contributed by atoms with Gasteiger partial charge in [0.15, 0.2) is 0 Å². The summed E-state index contributed by atoms with van der Waals surface area (Å²) in [4.78, 5) is 20.7. The molecule has 0 aromatic carbocycles. The van der Waals surface area contributed by atoms with E-state index in [2.05, 4.69) is 4.90 Å². The van der Waals surface area contributed by atoms with Gasteiger partial charge >= 0.3 is 0 Å². The Bertz CT molecular complexity index is 527. The third-order valence-electron chi connectivity index (χ3n) is 5.24. The van der Waals surface area contributed by atoms with Crippen LogP contribution >= 0.6 is 0 Å². The van der Waals surface area contributed by atoms with Gasteiger partial charge in [-0.1, -0.05) is 0 Å². The summed E-state index contributed by atoms with van der Waals surface area (Å²) in [5.41, 5.74) is 0. The van der Waals surface area contributed by atoms with Crippen molar-refractivity contribution in [1.29, 1.82) is 0 Å². The second-order valence-corrected chi connectivity index (χ2v) is 6.82. The highest BCUT2D eigenvalue weighted by Crippen LogP contribution is 2.36. The quantitative estimate of drug-likeness (QED) is 0.845. The minimum absolute atomic E-state index is 0.0755. The van der Waals surface area contributed by atoms with Crippen LogP contribution in [0.4, 0.5) is 0 Å². The fourth-order valence-corrected chi connectivity index (χ4v) is 4.05. The SMILES string of the molecule is O=C([C@@H]1COC[C@H]2CN(Cc3ccco3)C[C@H]21)N1CCCCO1. The molecular formula is C17H24N2O4. The zero-order chi connectivity index (χ0) is 15.6. The average molecular weight is 320 g/mol. The summed E-state index contributed by atoms with van der Waals surface area (Å²) in [6.45, 7) is 5.34. The van der Waals surface area contributed by atoms with Gasteiger partial charge in [-0.05, 0) is 36.8 Å². The van der Waals surface area contributed by atoms with Crippen molar-refractivity contribution in [3.63, 3.8) is 0 Å². The number of fused-ring (bicyclic) bond motifs is 1. The van der Waals surface area contributed by atoms with Crippen LogP contribution < -0.4 is 0 Å². The van der Waals surface area contributed by atoms with Crippen LogP contribution in [0.25, 0.3) is 0 Å². The number of rotatable bonds is 3. The van der Waals surface area contributed by atoms with Gasteiger partial charge in [0.05, 0.1) is 38.5 Å². The number of carbonyl (C=O) groups is 1. The van der Waals surface area contributed by atoms with Crippen molar-refractivity contribution >= 4 is 5.91 Å². The van der Waals surface area contributed by atoms with Crippen LogP contribution in [0, 0.1) is 17.8 Å². The molecular weight excluding hydrogens is 296 g/mol. The molecule has 0 radical (unpaired) electrons. The van der Waals surface area contributed by atoms with Crippen molar-refractivity contribution in [3.8, 4) is 0 Å². The number of hydrogen-bond acceptors (Lipinski definition) is 5. The molecule has 4 rings (SSSR count). The third kappa shape index (κ3) is 3.16. The van der Waals surface area contributed by atoms with Crippen molar-refractivity contribution in [3.05, 3.63) is 24.2 Å². The molecule has 0 aliphatic carbocycles. The van der Waals surface area contributed by atoms with E-state index in [4.69, 9.17) is 14.0 Å². The van der Waals surface area contributed by atoms with E-state index in [-0.39, 0.29) is 11.8 Å². The Morgan fingerprint density at radius 1 is 1.26 bits per heavy atom. The number of likely N-dealkylation sites (tertiary alicyclic amines) is 1.